The fraction of sp³-hybridized carbons (Fsp3) is 0.444. The smallest absolute Gasteiger partial charge is 0.435 e. The van der Waals surface area contributed by atoms with Crippen LogP contribution in [0.4, 0.5) is 4.79 Å². The second-order valence-electron chi connectivity index (χ2n) is 3.74. The van der Waals surface area contributed by atoms with Crippen LogP contribution in [0.2, 0.25) is 0 Å². The Kier molecular flexibility index (Phi) is 2.56. The molecule has 0 N–H and O–H groups in total. The van der Waals surface area contributed by atoms with Crippen molar-refractivity contribution in [3.05, 3.63) is 18.0 Å². The summed E-state index contributed by atoms with van der Waals surface area (Å²) in [6.07, 6.45) is 0.811. The van der Waals surface area contributed by atoms with Crippen LogP contribution in [0.25, 0.3) is 0 Å². The Balaban J connectivity index is 2.76. The summed E-state index contributed by atoms with van der Waals surface area (Å²) >= 11 is 0. The first kappa shape index (κ1) is 10.3. The lowest BCUT2D eigenvalue weighted by Gasteiger charge is -2.18. The van der Waals surface area contributed by atoms with Crippen molar-refractivity contribution in [1.82, 2.24) is 9.78 Å². The van der Waals surface area contributed by atoms with E-state index in [0.29, 0.717) is 0 Å². The topological polar surface area (TPSA) is 67.9 Å². The quantitative estimate of drug-likeness (QED) is 0.626. The van der Waals surface area contributed by atoms with Gasteiger partial charge in [-0.25, -0.2) is 4.79 Å². The van der Waals surface area contributed by atoms with Gasteiger partial charge in [0.25, 0.3) is 0 Å². The van der Waals surface area contributed by atoms with Crippen LogP contribution in [-0.4, -0.2) is 21.5 Å². The minimum Gasteiger partial charge on any atom is -0.442 e. The maximum Gasteiger partial charge on any atom is 0.435 e. The Morgan fingerprint density at radius 1 is 1.64 bits per heavy atom. The first-order chi connectivity index (χ1) is 6.42. The third-order valence-electron chi connectivity index (χ3n) is 1.28. The lowest BCUT2D eigenvalue weighted by molar-refractivity contribution is 0.0514. The fourth-order valence-corrected chi connectivity index (χ4v) is 0.794. The van der Waals surface area contributed by atoms with Crippen molar-refractivity contribution in [1.29, 1.82) is 5.26 Å². The molecule has 0 amide bonds. The molecule has 0 saturated heterocycles. The number of hydrogen-bond donors (Lipinski definition) is 0. The maximum atomic E-state index is 11.4. The van der Waals surface area contributed by atoms with Gasteiger partial charge in [-0.15, -0.1) is 0 Å². The zero-order valence-electron chi connectivity index (χ0n) is 8.31. The van der Waals surface area contributed by atoms with Crippen LogP contribution in [0.15, 0.2) is 12.3 Å². The second-order valence-corrected chi connectivity index (χ2v) is 3.74. The molecule has 1 rings (SSSR count). The van der Waals surface area contributed by atoms with Crippen molar-refractivity contribution >= 4 is 6.09 Å². The standard InChI is InChI=1S/C9H11N3O2/c1-9(2,3)14-8(13)12-5-4-7(6-10)11-12/h4-5H,1-3H3. The molecule has 1 aromatic heterocycles. The van der Waals surface area contributed by atoms with Gasteiger partial charge in [0.1, 0.15) is 11.7 Å². The van der Waals surface area contributed by atoms with Crippen molar-refractivity contribution in [3.8, 4) is 6.07 Å². The predicted octanol–water partition coefficient (Wildman–Crippen LogP) is 1.54. The highest BCUT2D eigenvalue weighted by Gasteiger charge is 2.18. The SMILES string of the molecule is CC(C)(C)OC(=O)n1ccc(C#N)n1. The van der Waals surface area contributed by atoms with Crippen LogP contribution in [0.5, 0.6) is 0 Å². The number of nitriles is 1. The Hall–Kier alpha value is -1.83. The predicted molar refractivity (Wildman–Crippen MR) is 48.6 cm³/mol. The molecule has 0 fully saturated rings. The number of ether oxygens (including phenoxy) is 1. The molecule has 0 saturated carbocycles. The van der Waals surface area contributed by atoms with E-state index >= 15 is 0 Å². The van der Waals surface area contributed by atoms with E-state index in [1.54, 1.807) is 20.8 Å². The average Bonchev–Trinajstić information content (AvgIpc) is 2.48. The molecule has 14 heavy (non-hydrogen) atoms. The second kappa shape index (κ2) is 3.50. The molecular weight excluding hydrogens is 182 g/mol. The van der Waals surface area contributed by atoms with E-state index in [-0.39, 0.29) is 5.69 Å². The number of nitrogens with zero attached hydrogens (tertiary/aromatic N) is 3. The highest BCUT2D eigenvalue weighted by atomic mass is 16.6. The third-order valence-corrected chi connectivity index (χ3v) is 1.28. The van der Waals surface area contributed by atoms with E-state index < -0.39 is 11.7 Å². The van der Waals surface area contributed by atoms with Crippen LogP contribution in [-0.2, 0) is 4.74 Å². The van der Waals surface area contributed by atoms with Gasteiger partial charge in [-0.3, -0.25) is 0 Å². The lowest BCUT2D eigenvalue weighted by Crippen LogP contribution is -2.27. The third kappa shape index (κ3) is 2.59. The molecule has 0 aromatic carbocycles. The van der Waals surface area contributed by atoms with Crippen LogP contribution < -0.4 is 0 Å². The summed E-state index contributed by atoms with van der Waals surface area (Å²) in [5, 5.41) is 12.2. The monoisotopic (exact) mass is 193 g/mol. The summed E-state index contributed by atoms with van der Waals surface area (Å²) < 4.78 is 6.04. The molecule has 1 aromatic rings. The molecule has 0 bridgehead atoms. The molecule has 0 spiro atoms. The summed E-state index contributed by atoms with van der Waals surface area (Å²) in [6.45, 7) is 5.29. The Bertz CT molecular complexity index is 381. The zero-order chi connectivity index (χ0) is 10.8. The number of rotatable bonds is 0. The molecule has 74 valence electrons. The van der Waals surface area contributed by atoms with E-state index in [1.807, 2.05) is 6.07 Å². The Labute approximate surface area is 81.9 Å². The Morgan fingerprint density at radius 3 is 2.71 bits per heavy atom. The first-order valence-corrected chi connectivity index (χ1v) is 4.11. The highest BCUT2D eigenvalue weighted by molar-refractivity contribution is 5.69. The summed E-state index contributed by atoms with van der Waals surface area (Å²) in [5.74, 6) is 0. The normalized spacial score (nSPS) is 10.7. The van der Waals surface area contributed by atoms with Crippen molar-refractivity contribution in [2.45, 2.75) is 26.4 Å². The summed E-state index contributed by atoms with van der Waals surface area (Å²) in [6, 6.07) is 3.27. The lowest BCUT2D eigenvalue weighted by atomic mass is 10.2. The van der Waals surface area contributed by atoms with Gasteiger partial charge in [0.2, 0.25) is 0 Å². The van der Waals surface area contributed by atoms with E-state index in [4.69, 9.17) is 10.00 Å². The molecule has 0 aliphatic carbocycles. The average molecular weight is 193 g/mol. The number of aromatic nitrogens is 2. The summed E-state index contributed by atoms with van der Waals surface area (Å²) in [5.41, 5.74) is -0.369. The van der Waals surface area contributed by atoms with Gasteiger partial charge in [0.15, 0.2) is 5.69 Å². The minimum atomic E-state index is -0.584. The highest BCUT2D eigenvalue weighted by Crippen LogP contribution is 2.08. The van der Waals surface area contributed by atoms with Crippen molar-refractivity contribution < 1.29 is 9.53 Å². The van der Waals surface area contributed by atoms with Crippen molar-refractivity contribution in [2.75, 3.05) is 0 Å². The molecule has 0 aliphatic heterocycles. The molecule has 1 heterocycles. The minimum absolute atomic E-state index is 0.191. The molecule has 0 radical (unpaired) electrons. The van der Waals surface area contributed by atoms with Crippen LogP contribution in [0, 0.1) is 11.3 Å². The fourth-order valence-electron chi connectivity index (χ4n) is 0.794. The number of carbonyl (C=O) groups excluding carboxylic acids is 1. The maximum absolute atomic E-state index is 11.4. The molecule has 0 aliphatic rings. The van der Waals surface area contributed by atoms with E-state index in [2.05, 4.69) is 5.10 Å². The van der Waals surface area contributed by atoms with Gasteiger partial charge < -0.3 is 4.74 Å². The first-order valence-electron chi connectivity index (χ1n) is 4.11. The van der Waals surface area contributed by atoms with E-state index in [0.717, 1.165) is 4.68 Å². The number of hydrogen-bond acceptors (Lipinski definition) is 4. The van der Waals surface area contributed by atoms with E-state index in [1.165, 1.54) is 12.3 Å². The van der Waals surface area contributed by atoms with Crippen LogP contribution in [0.3, 0.4) is 0 Å². The van der Waals surface area contributed by atoms with Crippen molar-refractivity contribution in [3.63, 3.8) is 0 Å². The molecule has 5 heteroatoms. The molecule has 0 atom stereocenters. The van der Waals surface area contributed by atoms with Crippen LogP contribution in [0.1, 0.15) is 26.5 Å². The molecular formula is C9H11N3O2. The van der Waals surface area contributed by atoms with Gasteiger partial charge in [-0.1, -0.05) is 0 Å². The van der Waals surface area contributed by atoms with Crippen LogP contribution >= 0.6 is 0 Å². The van der Waals surface area contributed by atoms with Gasteiger partial charge in [0, 0.05) is 6.20 Å². The molecule has 5 nitrogen and oxygen atoms in total. The van der Waals surface area contributed by atoms with Gasteiger partial charge in [0.05, 0.1) is 0 Å². The largest absolute Gasteiger partial charge is 0.442 e. The van der Waals surface area contributed by atoms with Gasteiger partial charge in [-0.05, 0) is 26.8 Å². The number of carbonyl (C=O) groups is 1. The van der Waals surface area contributed by atoms with Gasteiger partial charge in [-0.2, -0.15) is 15.0 Å². The molecule has 0 unspecified atom stereocenters. The van der Waals surface area contributed by atoms with Crippen molar-refractivity contribution in [2.24, 2.45) is 0 Å². The Morgan fingerprint density at radius 2 is 2.29 bits per heavy atom. The summed E-state index contributed by atoms with van der Waals surface area (Å²) in [4.78, 5) is 11.4. The summed E-state index contributed by atoms with van der Waals surface area (Å²) in [7, 11) is 0. The van der Waals surface area contributed by atoms with E-state index in [9.17, 15) is 4.79 Å². The zero-order valence-corrected chi connectivity index (χ0v) is 8.31. The van der Waals surface area contributed by atoms with Gasteiger partial charge >= 0.3 is 6.09 Å².